The fraction of sp³-hybridized carbons (Fsp3) is 0.231. The number of rotatable bonds is 2. The lowest BCUT2D eigenvalue weighted by atomic mass is 10.1. The average molecular weight is 229 g/mol. The van der Waals surface area contributed by atoms with Gasteiger partial charge in [0.25, 0.3) is 11.8 Å². The summed E-state index contributed by atoms with van der Waals surface area (Å²) in [6, 6.07) is 6.09. The summed E-state index contributed by atoms with van der Waals surface area (Å²) < 4.78 is 0. The van der Waals surface area contributed by atoms with Gasteiger partial charge in [-0.2, -0.15) is 0 Å². The van der Waals surface area contributed by atoms with E-state index in [1.165, 1.54) is 0 Å². The van der Waals surface area contributed by atoms with Crippen molar-refractivity contribution in [2.45, 2.75) is 19.9 Å². The molecule has 0 aliphatic carbocycles. The van der Waals surface area contributed by atoms with Gasteiger partial charge in [0.1, 0.15) is 5.94 Å². The standard InChI is InChI=1S/C13H11NO3/c1-8(7-15)9(2)14-12(16)10-5-3-4-6-11(10)13(14)17/h3-6,9H,1-2H3. The molecule has 0 radical (unpaired) electrons. The summed E-state index contributed by atoms with van der Waals surface area (Å²) in [5.74, 6) is 1.02. The Labute approximate surface area is 98.5 Å². The van der Waals surface area contributed by atoms with Crippen LogP contribution >= 0.6 is 0 Å². The van der Waals surface area contributed by atoms with Gasteiger partial charge in [-0.1, -0.05) is 12.1 Å². The van der Waals surface area contributed by atoms with Gasteiger partial charge in [-0.3, -0.25) is 14.5 Å². The topological polar surface area (TPSA) is 54.5 Å². The van der Waals surface area contributed by atoms with Gasteiger partial charge in [-0.25, -0.2) is 4.79 Å². The van der Waals surface area contributed by atoms with E-state index in [9.17, 15) is 14.4 Å². The second-order valence-corrected chi connectivity index (χ2v) is 3.99. The Bertz CT molecular complexity index is 521. The highest BCUT2D eigenvalue weighted by atomic mass is 16.2. The number of fused-ring (bicyclic) bond motifs is 1. The Kier molecular flexibility index (Phi) is 2.66. The van der Waals surface area contributed by atoms with Crippen LogP contribution in [-0.2, 0) is 4.79 Å². The number of carbonyl (C=O) groups is 2. The summed E-state index contributed by atoms with van der Waals surface area (Å²) in [5, 5.41) is 0. The summed E-state index contributed by atoms with van der Waals surface area (Å²) in [6.45, 7) is 3.20. The molecule has 0 saturated heterocycles. The molecular formula is C13H11NO3. The third kappa shape index (κ3) is 1.59. The van der Waals surface area contributed by atoms with E-state index in [1.54, 1.807) is 44.1 Å². The highest BCUT2D eigenvalue weighted by molar-refractivity contribution is 6.21. The number of benzene rings is 1. The summed E-state index contributed by atoms with van der Waals surface area (Å²) in [4.78, 5) is 35.7. The Hall–Kier alpha value is -2.19. The summed E-state index contributed by atoms with van der Waals surface area (Å²) in [5.41, 5.74) is 1.12. The first-order valence-electron chi connectivity index (χ1n) is 5.26. The Morgan fingerprint density at radius 1 is 1.18 bits per heavy atom. The van der Waals surface area contributed by atoms with Gasteiger partial charge in [0.2, 0.25) is 0 Å². The molecule has 4 nitrogen and oxygen atoms in total. The maximum atomic E-state index is 12.0. The number of imide groups is 1. The van der Waals surface area contributed by atoms with Crippen LogP contribution in [0.2, 0.25) is 0 Å². The zero-order valence-electron chi connectivity index (χ0n) is 9.56. The molecule has 1 heterocycles. The fourth-order valence-corrected chi connectivity index (χ4v) is 1.84. The summed E-state index contributed by atoms with van der Waals surface area (Å²) in [6.07, 6.45) is 0. The molecule has 0 N–H and O–H groups in total. The normalized spacial score (nSPS) is 15.5. The van der Waals surface area contributed by atoms with Gasteiger partial charge in [0.05, 0.1) is 17.2 Å². The largest absolute Gasteiger partial charge is 0.269 e. The molecule has 0 saturated carbocycles. The third-order valence-corrected chi connectivity index (χ3v) is 3.00. The summed E-state index contributed by atoms with van der Waals surface area (Å²) >= 11 is 0. The highest BCUT2D eigenvalue weighted by Crippen LogP contribution is 2.25. The van der Waals surface area contributed by atoms with Crippen molar-refractivity contribution in [1.29, 1.82) is 0 Å². The molecule has 0 bridgehead atoms. The van der Waals surface area contributed by atoms with Crippen LogP contribution in [0, 0.1) is 0 Å². The molecule has 0 spiro atoms. The second-order valence-electron chi connectivity index (χ2n) is 3.99. The molecule has 2 rings (SSSR count). The molecule has 2 amide bonds. The molecule has 17 heavy (non-hydrogen) atoms. The van der Waals surface area contributed by atoms with Crippen LogP contribution in [-0.4, -0.2) is 28.7 Å². The quantitative estimate of drug-likeness (QED) is 0.569. The average Bonchev–Trinajstić information content (AvgIpc) is 2.61. The van der Waals surface area contributed by atoms with Crippen molar-refractivity contribution in [1.82, 2.24) is 4.90 Å². The smallest absolute Gasteiger partial charge is 0.262 e. The van der Waals surface area contributed by atoms with E-state index >= 15 is 0 Å². The predicted molar refractivity (Wildman–Crippen MR) is 61.3 cm³/mol. The fourth-order valence-electron chi connectivity index (χ4n) is 1.84. The summed E-state index contributed by atoms with van der Waals surface area (Å²) in [7, 11) is 0. The molecular weight excluding hydrogens is 218 g/mol. The molecule has 1 aliphatic heterocycles. The monoisotopic (exact) mass is 229 g/mol. The Balaban J connectivity index is 2.47. The molecule has 0 aromatic heterocycles. The van der Waals surface area contributed by atoms with Crippen molar-refractivity contribution in [2.24, 2.45) is 0 Å². The second kappa shape index (κ2) is 4.00. The zero-order chi connectivity index (χ0) is 12.6. The lowest BCUT2D eigenvalue weighted by molar-refractivity contribution is 0.0619. The number of hydrogen-bond donors (Lipinski definition) is 0. The lowest BCUT2D eigenvalue weighted by Crippen LogP contribution is -2.38. The predicted octanol–water partition coefficient (Wildman–Crippen LogP) is 1.45. The molecule has 1 unspecified atom stereocenters. The van der Waals surface area contributed by atoms with Gasteiger partial charge < -0.3 is 0 Å². The van der Waals surface area contributed by atoms with Gasteiger partial charge >= 0.3 is 0 Å². The van der Waals surface area contributed by atoms with Crippen molar-refractivity contribution in [3.05, 3.63) is 41.0 Å². The minimum atomic E-state index is -0.556. The maximum Gasteiger partial charge on any atom is 0.262 e. The van der Waals surface area contributed by atoms with Crippen molar-refractivity contribution in [3.8, 4) is 0 Å². The van der Waals surface area contributed by atoms with Crippen LogP contribution in [0.25, 0.3) is 0 Å². The number of amides is 2. The number of carbonyl (C=O) groups excluding carboxylic acids is 3. The van der Waals surface area contributed by atoms with Crippen molar-refractivity contribution >= 4 is 17.8 Å². The zero-order valence-corrected chi connectivity index (χ0v) is 9.56. The van der Waals surface area contributed by atoms with Crippen LogP contribution in [0.15, 0.2) is 29.8 Å². The van der Waals surface area contributed by atoms with Gasteiger partial charge in [0, 0.05) is 5.57 Å². The van der Waals surface area contributed by atoms with Gasteiger partial charge in [-0.15, -0.1) is 0 Å². The van der Waals surface area contributed by atoms with E-state index < -0.39 is 6.04 Å². The third-order valence-electron chi connectivity index (χ3n) is 3.00. The van der Waals surface area contributed by atoms with E-state index in [0.717, 1.165) is 4.90 Å². The van der Waals surface area contributed by atoms with Crippen LogP contribution in [0.3, 0.4) is 0 Å². The number of nitrogens with zero attached hydrogens (tertiary/aromatic N) is 1. The minimum Gasteiger partial charge on any atom is -0.269 e. The molecule has 1 aromatic carbocycles. The van der Waals surface area contributed by atoms with Crippen molar-refractivity contribution in [3.63, 3.8) is 0 Å². The first-order valence-corrected chi connectivity index (χ1v) is 5.26. The lowest BCUT2D eigenvalue weighted by Gasteiger charge is -2.21. The molecule has 0 fully saturated rings. The SMILES string of the molecule is CC(=C=O)C(C)N1C(=O)c2ccccc2C1=O. The molecule has 86 valence electrons. The van der Waals surface area contributed by atoms with Crippen molar-refractivity contribution in [2.75, 3.05) is 0 Å². The first-order chi connectivity index (χ1) is 8.07. The maximum absolute atomic E-state index is 12.0. The van der Waals surface area contributed by atoms with Gasteiger partial charge in [-0.05, 0) is 26.0 Å². The van der Waals surface area contributed by atoms with Crippen LogP contribution < -0.4 is 0 Å². The van der Waals surface area contributed by atoms with Crippen LogP contribution in [0.5, 0.6) is 0 Å². The number of hydrogen-bond acceptors (Lipinski definition) is 3. The molecule has 1 aliphatic rings. The Morgan fingerprint density at radius 2 is 1.65 bits per heavy atom. The minimum absolute atomic E-state index is 0.333. The molecule has 1 atom stereocenters. The van der Waals surface area contributed by atoms with Crippen LogP contribution in [0.4, 0.5) is 0 Å². The van der Waals surface area contributed by atoms with E-state index in [0.29, 0.717) is 16.7 Å². The first kappa shape index (κ1) is 11.3. The van der Waals surface area contributed by atoms with E-state index in [-0.39, 0.29) is 11.8 Å². The highest BCUT2D eigenvalue weighted by Gasteiger charge is 2.38. The van der Waals surface area contributed by atoms with Crippen LogP contribution in [0.1, 0.15) is 34.6 Å². The Morgan fingerprint density at radius 3 is 2.06 bits per heavy atom. The van der Waals surface area contributed by atoms with Crippen molar-refractivity contribution < 1.29 is 14.4 Å². The van der Waals surface area contributed by atoms with E-state index in [4.69, 9.17) is 0 Å². The van der Waals surface area contributed by atoms with E-state index in [2.05, 4.69) is 0 Å². The molecule has 4 heteroatoms. The molecule has 1 aromatic rings. The van der Waals surface area contributed by atoms with Gasteiger partial charge in [0.15, 0.2) is 0 Å². The van der Waals surface area contributed by atoms with E-state index in [1.807, 2.05) is 0 Å².